The summed E-state index contributed by atoms with van der Waals surface area (Å²) in [6.45, 7) is 8.71. The molecule has 0 saturated carbocycles. The summed E-state index contributed by atoms with van der Waals surface area (Å²) in [5.41, 5.74) is 6.89. The highest BCUT2D eigenvalue weighted by Gasteiger charge is 2.15. The molecule has 6 nitrogen and oxygen atoms in total. The average molecular weight is 518 g/mol. The van der Waals surface area contributed by atoms with E-state index in [9.17, 15) is 4.79 Å². The summed E-state index contributed by atoms with van der Waals surface area (Å²) in [6.07, 6.45) is 6.41. The van der Waals surface area contributed by atoms with E-state index in [1.807, 2.05) is 73.7 Å². The van der Waals surface area contributed by atoms with Crippen molar-refractivity contribution in [1.29, 1.82) is 0 Å². The molecule has 0 spiro atoms. The van der Waals surface area contributed by atoms with Gasteiger partial charge in [0, 0.05) is 40.5 Å². The number of carbonyl (C=O) groups is 1. The number of rotatable bonds is 11. The second-order valence-corrected chi connectivity index (χ2v) is 9.16. The van der Waals surface area contributed by atoms with Crippen molar-refractivity contribution in [3.63, 3.8) is 0 Å². The maximum Gasteiger partial charge on any atom is 0.271 e. The zero-order valence-electron chi connectivity index (χ0n) is 21.1. The van der Waals surface area contributed by atoms with Crippen LogP contribution in [0.25, 0.3) is 0 Å². The lowest BCUT2D eigenvalue weighted by molar-refractivity contribution is 0.0955. The molecule has 0 bridgehead atoms. The molecule has 1 N–H and O–H groups in total. The summed E-state index contributed by atoms with van der Waals surface area (Å²) in [4.78, 5) is 14.9. The third kappa shape index (κ3) is 6.92. The standard InChI is InChI=1S/C30H32ClN3O3/c1-3-9-24-18-22(19-28(36-4-2)29(24)37-21-25-10-5-6-11-27(25)31)20-32-33-30(35)23-12-14-26(15-13-23)34-16-7-8-17-34/h3,5-6,10-15,18-20H,1,4,7-9,16-17,21H2,2H3,(H,33,35)/b32-20-. The number of hydrogen-bond donors (Lipinski definition) is 1. The van der Waals surface area contributed by atoms with Gasteiger partial charge in [-0.05, 0) is 74.2 Å². The molecule has 4 rings (SSSR count). The minimum atomic E-state index is -0.264. The van der Waals surface area contributed by atoms with E-state index >= 15 is 0 Å². The van der Waals surface area contributed by atoms with Crippen molar-refractivity contribution >= 4 is 29.4 Å². The summed E-state index contributed by atoms with van der Waals surface area (Å²) in [5.74, 6) is 0.973. The van der Waals surface area contributed by atoms with Crippen molar-refractivity contribution in [2.45, 2.75) is 32.8 Å². The van der Waals surface area contributed by atoms with E-state index < -0.39 is 0 Å². The molecule has 192 valence electrons. The molecule has 7 heteroatoms. The lowest BCUT2D eigenvalue weighted by atomic mass is 10.1. The van der Waals surface area contributed by atoms with Crippen LogP contribution >= 0.6 is 11.6 Å². The third-order valence-corrected chi connectivity index (χ3v) is 6.50. The Kier molecular flexibility index (Phi) is 9.22. The monoisotopic (exact) mass is 517 g/mol. The molecular formula is C30H32ClN3O3. The van der Waals surface area contributed by atoms with Crippen molar-refractivity contribution in [1.82, 2.24) is 5.43 Å². The largest absolute Gasteiger partial charge is 0.490 e. The van der Waals surface area contributed by atoms with Crippen molar-refractivity contribution < 1.29 is 14.3 Å². The van der Waals surface area contributed by atoms with Gasteiger partial charge in [0.2, 0.25) is 0 Å². The van der Waals surface area contributed by atoms with E-state index in [0.717, 1.165) is 35.5 Å². The van der Waals surface area contributed by atoms with E-state index in [0.29, 0.717) is 41.7 Å². The van der Waals surface area contributed by atoms with Gasteiger partial charge in [-0.1, -0.05) is 35.9 Å². The first-order chi connectivity index (χ1) is 18.1. The summed E-state index contributed by atoms with van der Waals surface area (Å²) in [7, 11) is 0. The molecule has 1 heterocycles. The average Bonchev–Trinajstić information content (AvgIpc) is 3.45. The number of anilines is 1. The SMILES string of the molecule is C=CCc1cc(/C=N\NC(=O)c2ccc(N3CCCC3)cc2)cc(OCC)c1OCc1ccccc1Cl. The maximum atomic E-state index is 12.6. The zero-order chi connectivity index (χ0) is 26.0. The van der Waals surface area contributed by atoms with Gasteiger partial charge in [-0.25, -0.2) is 5.43 Å². The third-order valence-electron chi connectivity index (χ3n) is 6.13. The number of nitrogens with zero attached hydrogens (tertiary/aromatic N) is 2. The predicted octanol–water partition coefficient (Wildman–Crippen LogP) is 6.41. The van der Waals surface area contributed by atoms with Gasteiger partial charge >= 0.3 is 0 Å². The fourth-order valence-corrected chi connectivity index (χ4v) is 4.48. The molecule has 1 amide bonds. The summed E-state index contributed by atoms with van der Waals surface area (Å²) in [5, 5.41) is 4.83. The van der Waals surface area contributed by atoms with Crippen molar-refractivity contribution in [2.75, 3.05) is 24.6 Å². The number of hydrazone groups is 1. The molecule has 0 atom stereocenters. The van der Waals surface area contributed by atoms with Crippen molar-refractivity contribution in [3.8, 4) is 11.5 Å². The van der Waals surface area contributed by atoms with Crippen LogP contribution in [0.3, 0.4) is 0 Å². The maximum absolute atomic E-state index is 12.6. The molecule has 1 aliphatic heterocycles. The Morgan fingerprint density at radius 2 is 1.84 bits per heavy atom. The molecule has 37 heavy (non-hydrogen) atoms. The van der Waals surface area contributed by atoms with Crippen LogP contribution in [0.5, 0.6) is 11.5 Å². The Hall–Kier alpha value is -3.77. The van der Waals surface area contributed by atoms with Gasteiger partial charge < -0.3 is 14.4 Å². The van der Waals surface area contributed by atoms with Crippen LogP contribution in [-0.2, 0) is 13.0 Å². The summed E-state index contributed by atoms with van der Waals surface area (Å²) >= 11 is 6.30. The van der Waals surface area contributed by atoms with Crippen LogP contribution in [0.15, 0.2) is 78.4 Å². The van der Waals surface area contributed by atoms with Gasteiger partial charge in [-0.15, -0.1) is 6.58 Å². The minimum absolute atomic E-state index is 0.264. The smallest absolute Gasteiger partial charge is 0.271 e. The number of halogens is 1. The first kappa shape index (κ1) is 26.3. The summed E-state index contributed by atoms with van der Waals surface area (Å²) in [6, 6.07) is 19.0. The highest BCUT2D eigenvalue weighted by atomic mass is 35.5. The fourth-order valence-electron chi connectivity index (χ4n) is 4.29. The molecule has 0 aliphatic carbocycles. The fraction of sp³-hybridized carbons (Fsp3) is 0.267. The number of carbonyl (C=O) groups excluding carboxylic acids is 1. The van der Waals surface area contributed by atoms with Gasteiger partial charge in [0.15, 0.2) is 11.5 Å². The Morgan fingerprint density at radius 1 is 1.08 bits per heavy atom. The highest BCUT2D eigenvalue weighted by Crippen LogP contribution is 2.34. The van der Waals surface area contributed by atoms with E-state index in [-0.39, 0.29) is 5.91 Å². The van der Waals surface area contributed by atoms with Crippen LogP contribution in [-0.4, -0.2) is 31.8 Å². The van der Waals surface area contributed by atoms with Crippen LogP contribution in [0.2, 0.25) is 5.02 Å². The van der Waals surface area contributed by atoms with E-state index in [4.69, 9.17) is 21.1 Å². The second kappa shape index (κ2) is 13.0. The number of amides is 1. The zero-order valence-corrected chi connectivity index (χ0v) is 21.8. The minimum Gasteiger partial charge on any atom is -0.490 e. The van der Waals surface area contributed by atoms with E-state index in [1.165, 1.54) is 12.8 Å². The van der Waals surface area contributed by atoms with Crippen LogP contribution in [0.4, 0.5) is 5.69 Å². The molecule has 0 radical (unpaired) electrons. The quantitative estimate of drug-likeness (QED) is 0.181. The Morgan fingerprint density at radius 3 is 2.54 bits per heavy atom. The Balaban J connectivity index is 1.47. The first-order valence-electron chi connectivity index (χ1n) is 12.5. The van der Waals surface area contributed by atoms with E-state index in [2.05, 4.69) is 22.0 Å². The first-order valence-corrected chi connectivity index (χ1v) is 12.9. The molecule has 0 aromatic heterocycles. The molecular weight excluding hydrogens is 486 g/mol. The Bertz CT molecular complexity index is 1250. The molecule has 0 unspecified atom stereocenters. The molecule has 3 aromatic carbocycles. The lowest BCUT2D eigenvalue weighted by Gasteiger charge is -2.17. The lowest BCUT2D eigenvalue weighted by Crippen LogP contribution is -2.19. The number of ether oxygens (including phenoxy) is 2. The van der Waals surface area contributed by atoms with Crippen molar-refractivity contribution in [2.24, 2.45) is 5.10 Å². The number of benzene rings is 3. The van der Waals surface area contributed by atoms with Gasteiger partial charge in [-0.2, -0.15) is 5.10 Å². The topological polar surface area (TPSA) is 63.2 Å². The molecule has 1 aliphatic rings. The van der Waals surface area contributed by atoms with Gasteiger partial charge in [-0.3, -0.25) is 4.79 Å². The Labute approximate surface area is 223 Å². The summed E-state index contributed by atoms with van der Waals surface area (Å²) < 4.78 is 12.1. The van der Waals surface area contributed by atoms with Gasteiger partial charge in [0.25, 0.3) is 5.91 Å². The highest BCUT2D eigenvalue weighted by molar-refractivity contribution is 6.31. The normalized spacial score (nSPS) is 13.1. The van der Waals surface area contributed by atoms with Crippen LogP contribution < -0.4 is 19.8 Å². The predicted molar refractivity (Wildman–Crippen MR) is 150 cm³/mol. The molecule has 1 saturated heterocycles. The number of hydrogen-bond acceptors (Lipinski definition) is 5. The number of nitrogens with one attached hydrogen (secondary N) is 1. The van der Waals surface area contributed by atoms with Gasteiger partial charge in [0.1, 0.15) is 6.61 Å². The van der Waals surface area contributed by atoms with Gasteiger partial charge in [0.05, 0.1) is 12.8 Å². The van der Waals surface area contributed by atoms with Crippen molar-refractivity contribution in [3.05, 3.63) is 101 Å². The van der Waals surface area contributed by atoms with Crippen LogP contribution in [0.1, 0.15) is 46.8 Å². The second-order valence-electron chi connectivity index (χ2n) is 8.75. The number of allylic oxidation sites excluding steroid dienone is 1. The molecule has 3 aromatic rings. The van der Waals surface area contributed by atoms with E-state index in [1.54, 1.807) is 6.21 Å². The molecule has 1 fully saturated rings. The van der Waals surface area contributed by atoms with Crippen LogP contribution in [0, 0.1) is 0 Å².